The van der Waals surface area contributed by atoms with Crippen LogP contribution in [0.15, 0.2) is 41.2 Å². The Bertz CT molecular complexity index is 1590. The fraction of sp³-hybridized carbons (Fsp3) is 0.448. The van der Waals surface area contributed by atoms with Gasteiger partial charge >= 0.3 is 0 Å². The van der Waals surface area contributed by atoms with Gasteiger partial charge in [0.2, 0.25) is 5.65 Å². The van der Waals surface area contributed by atoms with Gasteiger partial charge in [-0.3, -0.25) is 14.0 Å². The molecule has 0 radical (unpaired) electrons. The van der Waals surface area contributed by atoms with Crippen LogP contribution in [0.1, 0.15) is 70.9 Å². The number of carbonyl (C=O) groups is 1. The third-order valence-electron chi connectivity index (χ3n) is 9.01. The Morgan fingerprint density at radius 1 is 1.08 bits per heavy atom. The van der Waals surface area contributed by atoms with Crippen molar-refractivity contribution in [3.8, 4) is 0 Å². The molecule has 8 heteroatoms. The van der Waals surface area contributed by atoms with Gasteiger partial charge in [-0.25, -0.2) is 0 Å². The summed E-state index contributed by atoms with van der Waals surface area (Å²) in [5.41, 5.74) is 6.18. The number of benzene rings is 2. The van der Waals surface area contributed by atoms with Crippen LogP contribution in [0.3, 0.4) is 0 Å². The SMILES string of the molecule is Cc1cc2[nH]c(=O)c3nnc(C4CCOCC4)n3c2cc1C(=O)N1CCC2(CCc3ccccc32)CC1. The largest absolute Gasteiger partial charge is 0.381 e. The summed E-state index contributed by atoms with van der Waals surface area (Å²) < 4.78 is 7.40. The number of nitrogens with zero attached hydrogens (tertiary/aromatic N) is 4. The lowest BCUT2D eigenvalue weighted by Gasteiger charge is -2.40. The quantitative estimate of drug-likeness (QED) is 0.454. The Kier molecular flexibility index (Phi) is 5.22. The first-order chi connectivity index (χ1) is 18.0. The van der Waals surface area contributed by atoms with Crippen molar-refractivity contribution in [2.75, 3.05) is 26.3 Å². The normalized spacial score (nSPS) is 19.6. The van der Waals surface area contributed by atoms with E-state index in [0.717, 1.165) is 62.1 Å². The molecule has 2 aliphatic heterocycles. The zero-order valence-corrected chi connectivity index (χ0v) is 21.1. The molecule has 0 unspecified atom stereocenters. The van der Waals surface area contributed by atoms with E-state index in [1.54, 1.807) is 0 Å². The van der Waals surface area contributed by atoms with Crippen LogP contribution < -0.4 is 5.56 Å². The van der Waals surface area contributed by atoms with E-state index in [1.165, 1.54) is 17.5 Å². The van der Waals surface area contributed by atoms with Crippen molar-refractivity contribution in [1.82, 2.24) is 24.5 Å². The van der Waals surface area contributed by atoms with Crippen LogP contribution in [0.4, 0.5) is 0 Å². The Morgan fingerprint density at radius 2 is 1.86 bits per heavy atom. The van der Waals surface area contributed by atoms with E-state index >= 15 is 0 Å². The second-order valence-corrected chi connectivity index (χ2v) is 11.0. The van der Waals surface area contributed by atoms with E-state index in [9.17, 15) is 9.59 Å². The number of aromatic amines is 1. The second-order valence-electron chi connectivity index (χ2n) is 11.0. The topological polar surface area (TPSA) is 92.6 Å². The Balaban J connectivity index is 1.24. The predicted molar refractivity (Wildman–Crippen MR) is 140 cm³/mol. The number of rotatable bonds is 2. The number of carbonyl (C=O) groups excluding carboxylic acids is 1. The van der Waals surface area contributed by atoms with E-state index in [4.69, 9.17) is 4.74 Å². The standard InChI is InChI=1S/C29H31N5O3/c1-18-16-23-24(34-25(20-7-14-37-15-8-20)31-32-26(34)27(35)30-23)17-21(18)28(36)33-12-10-29(11-13-33)9-6-19-4-2-3-5-22(19)29/h2-5,16-17,20H,6-15H2,1H3,(H,30,35). The minimum absolute atomic E-state index is 0.0561. The zero-order chi connectivity index (χ0) is 25.1. The van der Waals surface area contributed by atoms with Gasteiger partial charge in [-0.15, -0.1) is 10.2 Å². The lowest BCUT2D eigenvalue weighted by Crippen LogP contribution is -2.44. The van der Waals surface area contributed by atoms with E-state index in [2.05, 4.69) is 39.4 Å². The first kappa shape index (κ1) is 22.7. The Morgan fingerprint density at radius 3 is 2.68 bits per heavy atom. The monoisotopic (exact) mass is 497 g/mol. The molecule has 2 aromatic heterocycles. The smallest absolute Gasteiger partial charge is 0.294 e. The van der Waals surface area contributed by atoms with Gasteiger partial charge in [0.25, 0.3) is 11.5 Å². The first-order valence-electron chi connectivity index (χ1n) is 13.4. The van der Waals surface area contributed by atoms with Crippen molar-refractivity contribution >= 4 is 22.6 Å². The van der Waals surface area contributed by atoms with Crippen LogP contribution in [0.25, 0.3) is 16.7 Å². The molecule has 0 atom stereocenters. The predicted octanol–water partition coefficient (Wildman–Crippen LogP) is 3.89. The fourth-order valence-electron chi connectivity index (χ4n) is 6.88. The number of fused-ring (bicyclic) bond motifs is 5. The van der Waals surface area contributed by atoms with E-state index in [0.29, 0.717) is 24.3 Å². The van der Waals surface area contributed by atoms with Crippen LogP contribution in [0.2, 0.25) is 0 Å². The van der Waals surface area contributed by atoms with Crippen LogP contribution in [-0.2, 0) is 16.6 Å². The maximum atomic E-state index is 13.8. The molecule has 37 heavy (non-hydrogen) atoms. The van der Waals surface area contributed by atoms with E-state index in [1.807, 2.05) is 28.4 Å². The number of aromatic nitrogens is 4. The van der Waals surface area contributed by atoms with Crippen molar-refractivity contribution in [3.63, 3.8) is 0 Å². The van der Waals surface area contributed by atoms with Gasteiger partial charge in [0.1, 0.15) is 5.82 Å². The van der Waals surface area contributed by atoms with Crippen LogP contribution in [-0.4, -0.2) is 56.7 Å². The number of ether oxygens (including phenoxy) is 1. The molecule has 4 aromatic rings. The first-order valence-corrected chi connectivity index (χ1v) is 13.4. The van der Waals surface area contributed by atoms with Gasteiger partial charge in [0.05, 0.1) is 11.0 Å². The van der Waals surface area contributed by atoms with Gasteiger partial charge in [-0.05, 0) is 79.7 Å². The highest BCUT2D eigenvalue weighted by Gasteiger charge is 2.42. The molecule has 2 saturated heterocycles. The second kappa shape index (κ2) is 8.52. The minimum Gasteiger partial charge on any atom is -0.381 e. The number of aryl methyl sites for hydroxylation is 2. The lowest BCUT2D eigenvalue weighted by atomic mass is 9.74. The number of likely N-dealkylation sites (tertiary alicyclic amines) is 1. The van der Waals surface area contributed by atoms with Gasteiger partial charge in [0, 0.05) is 37.8 Å². The van der Waals surface area contributed by atoms with Crippen molar-refractivity contribution in [1.29, 1.82) is 0 Å². The third kappa shape index (κ3) is 3.53. The maximum absolute atomic E-state index is 13.8. The summed E-state index contributed by atoms with van der Waals surface area (Å²) in [6, 6.07) is 12.7. The molecule has 1 spiro atoms. The molecule has 0 saturated carbocycles. The summed E-state index contributed by atoms with van der Waals surface area (Å²) in [7, 11) is 0. The molecule has 2 fully saturated rings. The molecule has 2 aromatic carbocycles. The van der Waals surface area contributed by atoms with Crippen LogP contribution in [0.5, 0.6) is 0 Å². The zero-order valence-electron chi connectivity index (χ0n) is 21.1. The number of piperidine rings is 1. The highest BCUT2D eigenvalue weighted by molar-refractivity contribution is 5.99. The Labute approximate surface area is 214 Å². The van der Waals surface area contributed by atoms with Gasteiger partial charge in [0.15, 0.2) is 0 Å². The summed E-state index contributed by atoms with van der Waals surface area (Å²) in [5, 5.41) is 8.64. The van der Waals surface area contributed by atoms with Crippen LogP contribution in [0, 0.1) is 6.92 Å². The average Bonchev–Trinajstić information content (AvgIpc) is 3.53. The fourth-order valence-corrected chi connectivity index (χ4v) is 6.88. The molecule has 8 nitrogen and oxygen atoms in total. The maximum Gasteiger partial charge on any atom is 0.294 e. The molecule has 3 aliphatic rings. The van der Waals surface area contributed by atoms with Crippen molar-refractivity contribution in [2.24, 2.45) is 0 Å². The van der Waals surface area contributed by atoms with Gasteiger partial charge in [-0.1, -0.05) is 24.3 Å². The summed E-state index contributed by atoms with van der Waals surface area (Å²) in [6.45, 7) is 4.80. The number of amides is 1. The van der Waals surface area contributed by atoms with Gasteiger partial charge < -0.3 is 14.6 Å². The van der Waals surface area contributed by atoms with Crippen molar-refractivity contribution in [2.45, 2.75) is 56.8 Å². The molecule has 1 amide bonds. The van der Waals surface area contributed by atoms with Crippen molar-refractivity contribution in [3.05, 3.63) is 74.8 Å². The van der Waals surface area contributed by atoms with Crippen molar-refractivity contribution < 1.29 is 9.53 Å². The van der Waals surface area contributed by atoms with E-state index in [-0.39, 0.29) is 28.4 Å². The summed E-state index contributed by atoms with van der Waals surface area (Å²) in [5.74, 6) is 0.999. The molecular formula is C29H31N5O3. The number of nitrogens with one attached hydrogen (secondary N) is 1. The molecule has 7 rings (SSSR count). The Hall–Kier alpha value is -3.52. The molecule has 1 N–H and O–H groups in total. The van der Waals surface area contributed by atoms with E-state index < -0.39 is 0 Å². The summed E-state index contributed by atoms with van der Waals surface area (Å²) >= 11 is 0. The molecule has 0 bridgehead atoms. The molecular weight excluding hydrogens is 466 g/mol. The summed E-state index contributed by atoms with van der Waals surface area (Å²) in [4.78, 5) is 31.6. The average molecular weight is 498 g/mol. The molecule has 4 heterocycles. The molecule has 1 aliphatic carbocycles. The molecule has 190 valence electrons. The number of H-pyrrole nitrogens is 1. The summed E-state index contributed by atoms with van der Waals surface area (Å²) in [6.07, 6.45) is 5.99. The highest BCUT2D eigenvalue weighted by atomic mass is 16.5. The highest BCUT2D eigenvalue weighted by Crippen LogP contribution is 2.46. The van der Waals surface area contributed by atoms with Crippen LogP contribution >= 0.6 is 0 Å². The number of hydrogen-bond acceptors (Lipinski definition) is 5. The third-order valence-corrected chi connectivity index (χ3v) is 9.01. The van der Waals surface area contributed by atoms with Gasteiger partial charge in [-0.2, -0.15) is 0 Å². The number of hydrogen-bond donors (Lipinski definition) is 1. The lowest BCUT2D eigenvalue weighted by molar-refractivity contribution is 0.0665. The minimum atomic E-state index is -0.269.